The van der Waals surface area contributed by atoms with Crippen LogP contribution in [0.15, 0.2) is 0 Å². The van der Waals surface area contributed by atoms with Crippen molar-refractivity contribution < 1.29 is 0 Å². The maximum Gasteiger partial charge on any atom is -0.0474 e. The zero-order valence-electron chi connectivity index (χ0n) is 13.3. The van der Waals surface area contributed by atoms with E-state index in [2.05, 4.69) is 69.2 Å². The first kappa shape index (κ1) is 24.3. The van der Waals surface area contributed by atoms with E-state index in [1.807, 2.05) is 0 Å². The second-order valence-electron chi connectivity index (χ2n) is 4.95. The van der Waals surface area contributed by atoms with Gasteiger partial charge in [0.2, 0.25) is 0 Å². The van der Waals surface area contributed by atoms with Crippen LogP contribution < -0.4 is 0 Å². The van der Waals surface area contributed by atoms with E-state index in [1.165, 1.54) is 19.3 Å². The molecule has 0 fully saturated rings. The molecule has 0 heteroatoms. The minimum Gasteiger partial charge on any atom is -0.0656 e. The molecular weight excluding hydrogens is 180 g/mol. The number of hydrogen-bond acceptors (Lipinski definition) is 0. The van der Waals surface area contributed by atoms with E-state index >= 15 is 0 Å². The molecule has 0 radical (unpaired) electrons. The van der Waals surface area contributed by atoms with Crippen molar-refractivity contribution in [3.63, 3.8) is 0 Å². The van der Waals surface area contributed by atoms with E-state index < -0.39 is 0 Å². The van der Waals surface area contributed by atoms with Crippen LogP contribution in [0.5, 0.6) is 0 Å². The Morgan fingerprint density at radius 1 is 0.600 bits per heavy atom. The molecule has 0 unspecified atom stereocenters. The van der Waals surface area contributed by atoms with Crippen LogP contribution in [-0.4, -0.2) is 0 Å². The van der Waals surface area contributed by atoms with Crippen molar-refractivity contribution in [1.82, 2.24) is 0 Å². The van der Waals surface area contributed by atoms with Gasteiger partial charge in [-0.3, -0.25) is 0 Å². The maximum atomic E-state index is 2.22. The lowest BCUT2D eigenvalue weighted by atomic mass is 10.2. The van der Waals surface area contributed by atoms with E-state index in [0.29, 0.717) is 0 Å². The Kier molecular flexibility index (Phi) is 47.3. The van der Waals surface area contributed by atoms with Crippen molar-refractivity contribution in [2.24, 2.45) is 11.8 Å². The summed E-state index contributed by atoms with van der Waals surface area (Å²) in [5.74, 6) is 1.72. The predicted molar refractivity (Wildman–Crippen MR) is 77.6 cm³/mol. The zero-order chi connectivity index (χ0) is 13.3. The third-order valence-electron chi connectivity index (χ3n) is 0.816. The van der Waals surface area contributed by atoms with Crippen LogP contribution in [-0.2, 0) is 0 Å². The number of rotatable bonds is 1. The van der Waals surface area contributed by atoms with Gasteiger partial charge in [0.05, 0.1) is 0 Å². The molecule has 0 aromatic rings. The molecule has 0 aromatic heterocycles. The molecule has 0 aliphatic rings. The molecule has 0 atom stereocenters. The average Bonchev–Trinajstić information content (AvgIpc) is 2.06. The first-order chi connectivity index (χ1) is 6.83. The van der Waals surface area contributed by atoms with Gasteiger partial charge >= 0.3 is 0 Å². The molecule has 0 heterocycles. The average molecular weight is 218 g/mol. The van der Waals surface area contributed by atoms with E-state index in [-0.39, 0.29) is 0 Å². The van der Waals surface area contributed by atoms with Crippen molar-refractivity contribution in [2.75, 3.05) is 0 Å². The second-order valence-corrected chi connectivity index (χ2v) is 4.95. The maximum absolute atomic E-state index is 2.22. The highest BCUT2D eigenvalue weighted by atomic mass is 13.9. The standard InChI is InChI=1S/C5H12.C4H10.2C3H8/c1-4-5(2)3;1-4(2)3;2*1-3-2/h5H,4H2,1-3H3;4H,1-3H3;2*3H2,1-2H3. The van der Waals surface area contributed by atoms with Crippen LogP contribution in [0.25, 0.3) is 0 Å². The third kappa shape index (κ3) is 504. The first-order valence-electron chi connectivity index (χ1n) is 6.83. The molecule has 0 nitrogen and oxygen atoms in total. The Hall–Kier alpha value is 0. The fraction of sp³-hybridized carbons (Fsp3) is 1.00. The lowest BCUT2D eigenvalue weighted by Crippen LogP contribution is -1.77. The first-order valence-corrected chi connectivity index (χ1v) is 6.83. The topological polar surface area (TPSA) is 0 Å². The minimum absolute atomic E-state index is 0.833. The molecule has 0 spiro atoms. The minimum atomic E-state index is 0.833. The molecule has 0 bridgehead atoms. The summed E-state index contributed by atoms with van der Waals surface area (Å²) in [5, 5.41) is 0. The van der Waals surface area contributed by atoms with Crippen molar-refractivity contribution >= 4 is 0 Å². The second kappa shape index (κ2) is 29.2. The van der Waals surface area contributed by atoms with Crippen molar-refractivity contribution in [3.05, 3.63) is 0 Å². The number of hydrogen-bond donors (Lipinski definition) is 0. The molecular formula is C15H38. The van der Waals surface area contributed by atoms with E-state index in [4.69, 9.17) is 0 Å². The van der Waals surface area contributed by atoms with E-state index in [0.717, 1.165) is 11.8 Å². The molecule has 0 aliphatic heterocycles. The van der Waals surface area contributed by atoms with Gasteiger partial charge in [0.15, 0.2) is 0 Å². The summed E-state index contributed by atoms with van der Waals surface area (Å²) in [6.07, 6.45) is 3.81. The molecule has 0 aromatic carbocycles. The van der Waals surface area contributed by atoms with Gasteiger partial charge in [0.1, 0.15) is 0 Å². The Labute approximate surface area is 101 Å². The molecule has 98 valence electrons. The van der Waals surface area contributed by atoms with Crippen LogP contribution >= 0.6 is 0 Å². The van der Waals surface area contributed by atoms with Gasteiger partial charge < -0.3 is 0 Å². The Bertz CT molecular complexity index is 48.3. The molecule has 0 aliphatic carbocycles. The Morgan fingerprint density at radius 3 is 0.667 bits per heavy atom. The Balaban J connectivity index is -0.0000000553. The van der Waals surface area contributed by atoms with E-state index in [9.17, 15) is 0 Å². The van der Waals surface area contributed by atoms with Crippen molar-refractivity contribution in [2.45, 2.75) is 88.5 Å². The summed E-state index contributed by atoms with van der Waals surface area (Å²) in [6, 6.07) is 0. The fourth-order valence-electron chi connectivity index (χ4n) is 0. The van der Waals surface area contributed by atoms with Crippen molar-refractivity contribution in [3.8, 4) is 0 Å². The summed E-state index contributed by atoms with van der Waals surface area (Å²) < 4.78 is 0. The van der Waals surface area contributed by atoms with Gasteiger partial charge in [-0.05, 0) is 11.8 Å². The SMILES string of the molecule is CC(C)C.CCC.CCC.CCC(C)C. The summed E-state index contributed by atoms with van der Waals surface area (Å²) in [7, 11) is 0. The molecule has 0 saturated heterocycles. The highest BCUT2D eigenvalue weighted by Crippen LogP contribution is 1.93. The molecule has 15 heavy (non-hydrogen) atoms. The van der Waals surface area contributed by atoms with Gasteiger partial charge in [-0.25, -0.2) is 0 Å². The monoisotopic (exact) mass is 218 g/mol. The molecule has 0 saturated carbocycles. The van der Waals surface area contributed by atoms with Crippen LogP contribution in [0.1, 0.15) is 88.5 Å². The quantitative estimate of drug-likeness (QED) is 0.468. The van der Waals surface area contributed by atoms with Crippen molar-refractivity contribution in [1.29, 1.82) is 0 Å². The van der Waals surface area contributed by atoms with Gasteiger partial charge in [-0.1, -0.05) is 88.5 Å². The third-order valence-corrected chi connectivity index (χ3v) is 0.816. The van der Waals surface area contributed by atoms with Gasteiger partial charge in [-0.15, -0.1) is 0 Å². The van der Waals surface area contributed by atoms with Gasteiger partial charge in [-0.2, -0.15) is 0 Å². The molecule has 0 N–H and O–H groups in total. The highest BCUT2D eigenvalue weighted by Gasteiger charge is 1.80. The molecule has 0 rings (SSSR count). The largest absolute Gasteiger partial charge is 0.0656 e. The lowest BCUT2D eigenvalue weighted by Gasteiger charge is -1.90. The van der Waals surface area contributed by atoms with Gasteiger partial charge in [0.25, 0.3) is 0 Å². The van der Waals surface area contributed by atoms with E-state index in [1.54, 1.807) is 0 Å². The summed E-state index contributed by atoms with van der Waals surface area (Å²) in [4.78, 5) is 0. The summed E-state index contributed by atoms with van der Waals surface area (Å²) in [6.45, 7) is 21.6. The van der Waals surface area contributed by atoms with Crippen LogP contribution in [0.2, 0.25) is 0 Å². The van der Waals surface area contributed by atoms with Crippen LogP contribution in [0, 0.1) is 11.8 Å². The Morgan fingerprint density at radius 2 is 0.667 bits per heavy atom. The fourth-order valence-corrected chi connectivity index (χ4v) is 0. The van der Waals surface area contributed by atoms with Gasteiger partial charge in [0, 0.05) is 0 Å². The highest BCUT2D eigenvalue weighted by molar-refractivity contribution is 4.32. The van der Waals surface area contributed by atoms with Crippen LogP contribution in [0.4, 0.5) is 0 Å². The smallest absolute Gasteiger partial charge is 0.0474 e. The normalized spacial score (nSPS) is 8.00. The summed E-state index contributed by atoms with van der Waals surface area (Å²) >= 11 is 0. The predicted octanol–water partition coefficient (Wildman–Crippen LogP) is 6.55. The lowest BCUT2D eigenvalue weighted by molar-refractivity contribution is 0.626. The molecule has 0 amide bonds. The summed E-state index contributed by atoms with van der Waals surface area (Å²) in [5.41, 5.74) is 0. The van der Waals surface area contributed by atoms with Crippen LogP contribution in [0.3, 0.4) is 0 Å². The zero-order valence-corrected chi connectivity index (χ0v) is 13.3.